The fourth-order valence-electron chi connectivity index (χ4n) is 2.75. The second-order valence-electron chi connectivity index (χ2n) is 5.43. The van der Waals surface area contributed by atoms with E-state index in [1.54, 1.807) is 12.1 Å². The van der Waals surface area contributed by atoms with Crippen LogP contribution in [-0.2, 0) is 0 Å². The van der Waals surface area contributed by atoms with Crippen LogP contribution in [0.25, 0.3) is 0 Å². The number of para-hydroxylation sites is 1. The Hall–Kier alpha value is -1.13. The molecule has 0 radical (unpaired) electrons. The average Bonchev–Trinajstić information content (AvgIpc) is 2.44. The van der Waals surface area contributed by atoms with Crippen LogP contribution in [0.2, 0.25) is 0 Å². The molecule has 1 aromatic rings. The lowest BCUT2D eigenvalue weighted by Gasteiger charge is -2.42. The Kier molecular flexibility index (Phi) is 4.77. The number of halogens is 1. The standard InChI is InChI=1S/C15H24FN3/c1-2-9-19-10-7-15(12-17,8-11-19)18-14-6-4-3-5-13(14)16/h3-6,18H,2,7-12,17H2,1H3. The van der Waals surface area contributed by atoms with Gasteiger partial charge in [-0.15, -0.1) is 0 Å². The predicted molar refractivity (Wildman–Crippen MR) is 77.8 cm³/mol. The Balaban J connectivity index is 2.02. The van der Waals surface area contributed by atoms with Crippen LogP contribution in [-0.4, -0.2) is 36.6 Å². The van der Waals surface area contributed by atoms with Crippen LogP contribution in [0.5, 0.6) is 0 Å². The number of anilines is 1. The molecule has 0 aromatic heterocycles. The van der Waals surface area contributed by atoms with Gasteiger partial charge in [0, 0.05) is 19.6 Å². The molecular formula is C15H24FN3. The molecule has 1 fully saturated rings. The normalized spacial score (nSPS) is 19.3. The maximum Gasteiger partial charge on any atom is 0.146 e. The molecule has 1 saturated heterocycles. The van der Waals surface area contributed by atoms with Crippen molar-refractivity contribution in [1.29, 1.82) is 0 Å². The number of benzene rings is 1. The number of piperidine rings is 1. The summed E-state index contributed by atoms with van der Waals surface area (Å²) in [5, 5.41) is 3.35. The lowest BCUT2D eigenvalue weighted by molar-refractivity contribution is 0.176. The molecule has 4 heteroatoms. The molecule has 3 N–H and O–H groups in total. The number of nitrogens with zero attached hydrogens (tertiary/aromatic N) is 1. The highest BCUT2D eigenvalue weighted by Crippen LogP contribution is 2.27. The molecule has 0 amide bonds. The van der Waals surface area contributed by atoms with Crippen molar-refractivity contribution in [3.63, 3.8) is 0 Å². The Morgan fingerprint density at radius 2 is 2.00 bits per heavy atom. The molecule has 0 bridgehead atoms. The SMILES string of the molecule is CCCN1CCC(CN)(Nc2ccccc2F)CC1. The topological polar surface area (TPSA) is 41.3 Å². The zero-order chi connectivity index (χ0) is 13.7. The third-order valence-corrected chi connectivity index (χ3v) is 4.02. The van der Waals surface area contributed by atoms with E-state index in [0.29, 0.717) is 12.2 Å². The van der Waals surface area contributed by atoms with Crippen LogP contribution in [0, 0.1) is 5.82 Å². The smallest absolute Gasteiger partial charge is 0.146 e. The van der Waals surface area contributed by atoms with Gasteiger partial charge in [0.1, 0.15) is 5.82 Å². The van der Waals surface area contributed by atoms with Gasteiger partial charge in [0.25, 0.3) is 0 Å². The zero-order valence-electron chi connectivity index (χ0n) is 11.7. The van der Waals surface area contributed by atoms with E-state index < -0.39 is 0 Å². The minimum absolute atomic E-state index is 0.160. The summed E-state index contributed by atoms with van der Waals surface area (Å²) >= 11 is 0. The van der Waals surface area contributed by atoms with Crippen molar-refractivity contribution in [1.82, 2.24) is 4.90 Å². The van der Waals surface area contributed by atoms with Gasteiger partial charge >= 0.3 is 0 Å². The van der Waals surface area contributed by atoms with Crippen LogP contribution >= 0.6 is 0 Å². The second-order valence-corrected chi connectivity index (χ2v) is 5.43. The highest BCUT2D eigenvalue weighted by atomic mass is 19.1. The van der Waals surface area contributed by atoms with E-state index in [2.05, 4.69) is 17.1 Å². The number of rotatable bonds is 5. The van der Waals surface area contributed by atoms with Crippen molar-refractivity contribution in [2.45, 2.75) is 31.7 Å². The van der Waals surface area contributed by atoms with Gasteiger partial charge in [0.15, 0.2) is 0 Å². The van der Waals surface area contributed by atoms with Gasteiger partial charge in [-0.2, -0.15) is 0 Å². The highest BCUT2D eigenvalue weighted by molar-refractivity contribution is 5.47. The minimum atomic E-state index is -0.202. The Labute approximate surface area is 115 Å². The molecule has 1 heterocycles. The predicted octanol–water partition coefficient (Wildman–Crippen LogP) is 2.44. The van der Waals surface area contributed by atoms with Gasteiger partial charge in [0.05, 0.1) is 11.2 Å². The molecule has 2 rings (SSSR count). The molecule has 106 valence electrons. The maximum atomic E-state index is 13.7. The Bertz CT molecular complexity index is 400. The largest absolute Gasteiger partial charge is 0.376 e. The zero-order valence-corrected chi connectivity index (χ0v) is 11.7. The van der Waals surface area contributed by atoms with Crippen LogP contribution < -0.4 is 11.1 Å². The third-order valence-electron chi connectivity index (χ3n) is 4.02. The second kappa shape index (κ2) is 6.35. The lowest BCUT2D eigenvalue weighted by Crippen LogP contribution is -2.53. The number of nitrogens with two attached hydrogens (primary N) is 1. The van der Waals surface area contributed by atoms with Gasteiger partial charge in [0.2, 0.25) is 0 Å². The van der Waals surface area contributed by atoms with E-state index >= 15 is 0 Å². The van der Waals surface area contributed by atoms with E-state index in [-0.39, 0.29) is 11.4 Å². The first-order valence-corrected chi connectivity index (χ1v) is 7.14. The van der Waals surface area contributed by atoms with E-state index in [0.717, 1.165) is 32.5 Å². The summed E-state index contributed by atoms with van der Waals surface area (Å²) in [6, 6.07) is 6.82. The number of nitrogens with one attached hydrogen (secondary N) is 1. The fraction of sp³-hybridized carbons (Fsp3) is 0.600. The molecule has 0 saturated carbocycles. The molecular weight excluding hydrogens is 241 g/mol. The number of hydrogen-bond donors (Lipinski definition) is 2. The summed E-state index contributed by atoms with van der Waals surface area (Å²) in [5.74, 6) is -0.202. The number of likely N-dealkylation sites (tertiary alicyclic amines) is 1. The fourth-order valence-corrected chi connectivity index (χ4v) is 2.75. The van der Waals surface area contributed by atoms with E-state index in [4.69, 9.17) is 5.73 Å². The molecule has 0 unspecified atom stereocenters. The van der Waals surface area contributed by atoms with Crippen molar-refractivity contribution in [3.8, 4) is 0 Å². The first-order valence-electron chi connectivity index (χ1n) is 7.14. The van der Waals surface area contributed by atoms with E-state index in [1.807, 2.05) is 6.07 Å². The van der Waals surface area contributed by atoms with Gasteiger partial charge < -0.3 is 16.0 Å². The highest BCUT2D eigenvalue weighted by Gasteiger charge is 2.33. The summed E-state index contributed by atoms with van der Waals surface area (Å²) in [4.78, 5) is 2.46. The summed E-state index contributed by atoms with van der Waals surface area (Å²) in [6.45, 7) is 5.95. The minimum Gasteiger partial charge on any atom is -0.376 e. The van der Waals surface area contributed by atoms with Crippen LogP contribution in [0.15, 0.2) is 24.3 Å². The average molecular weight is 265 g/mol. The van der Waals surface area contributed by atoms with Crippen molar-refractivity contribution < 1.29 is 4.39 Å². The monoisotopic (exact) mass is 265 g/mol. The van der Waals surface area contributed by atoms with Gasteiger partial charge in [-0.25, -0.2) is 4.39 Å². The van der Waals surface area contributed by atoms with Crippen molar-refractivity contribution >= 4 is 5.69 Å². The first-order chi connectivity index (χ1) is 9.19. The van der Waals surface area contributed by atoms with Crippen molar-refractivity contribution in [2.75, 3.05) is 31.5 Å². The molecule has 1 aliphatic heterocycles. The van der Waals surface area contributed by atoms with Gasteiger partial charge in [-0.1, -0.05) is 19.1 Å². The summed E-state index contributed by atoms with van der Waals surface area (Å²) in [6.07, 6.45) is 3.12. The third kappa shape index (κ3) is 3.45. The van der Waals surface area contributed by atoms with Crippen LogP contribution in [0.1, 0.15) is 26.2 Å². The molecule has 0 spiro atoms. The lowest BCUT2D eigenvalue weighted by atomic mass is 9.87. The van der Waals surface area contributed by atoms with Crippen molar-refractivity contribution in [2.24, 2.45) is 5.73 Å². The summed E-state index contributed by atoms with van der Waals surface area (Å²) in [7, 11) is 0. The maximum absolute atomic E-state index is 13.7. The van der Waals surface area contributed by atoms with Gasteiger partial charge in [-0.05, 0) is 37.9 Å². The Morgan fingerprint density at radius 3 is 2.58 bits per heavy atom. The quantitative estimate of drug-likeness (QED) is 0.859. The van der Waals surface area contributed by atoms with Crippen molar-refractivity contribution in [3.05, 3.63) is 30.1 Å². The molecule has 1 aliphatic rings. The number of hydrogen-bond acceptors (Lipinski definition) is 3. The van der Waals surface area contributed by atoms with Crippen LogP contribution in [0.4, 0.5) is 10.1 Å². The van der Waals surface area contributed by atoms with Gasteiger partial charge in [-0.3, -0.25) is 0 Å². The molecule has 0 aliphatic carbocycles. The van der Waals surface area contributed by atoms with E-state index in [9.17, 15) is 4.39 Å². The molecule has 3 nitrogen and oxygen atoms in total. The van der Waals surface area contributed by atoms with Crippen LogP contribution in [0.3, 0.4) is 0 Å². The molecule has 0 atom stereocenters. The summed E-state index contributed by atoms with van der Waals surface area (Å²) < 4.78 is 13.7. The van der Waals surface area contributed by atoms with E-state index in [1.165, 1.54) is 12.5 Å². The summed E-state index contributed by atoms with van der Waals surface area (Å²) in [5.41, 5.74) is 6.36. The molecule has 1 aromatic carbocycles. The molecule has 19 heavy (non-hydrogen) atoms. The Morgan fingerprint density at radius 1 is 1.32 bits per heavy atom. The first kappa shape index (κ1) is 14.3.